The lowest BCUT2D eigenvalue weighted by molar-refractivity contribution is -0.119. The third-order valence-corrected chi connectivity index (χ3v) is 4.44. The molecule has 1 atom stereocenters. The highest BCUT2D eigenvalue weighted by Gasteiger charge is 2.35. The highest BCUT2D eigenvalue weighted by atomic mass is 16.1. The van der Waals surface area contributed by atoms with Gasteiger partial charge in [0.15, 0.2) is 5.82 Å². The molecule has 122 valence electrons. The van der Waals surface area contributed by atoms with Crippen LogP contribution in [0.3, 0.4) is 0 Å². The smallest absolute Gasteiger partial charge is 0.240 e. The van der Waals surface area contributed by atoms with Crippen molar-refractivity contribution in [3.63, 3.8) is 0 Å². The molecule has 0 fully saturated rings. The van der Waals surface area contributed by atoms with Crippen molar-refractivity contribution in [2.75, 3.05) is 4.90 Å². The molecule has 1 aliphatic rings. The summed E-state index contributed by atoms with van der Waals surface area (Å²) in [5.41, 5.74) is 9.96. The van der Waals surface area contributed by atoms with E-state index in [4.69, 9.17) is 11.0 Å². The van der Waals surface area contributed by atoms with Gasteiger partial charge < -0.3 is 10.6 Å². The summed E-state index contributed by atoms with van der Waals surface area (Å²) >= 11 is 0. The van der Waals surface area contributed by atoms with Crippen molar-refractivity contribution < 1.29 is 4.79 Å². The van der Waals surface area contributed by atoms with E-state index in [9.17, 15) is 4.79 Å². The monoisotopic (exact) mass is 329 g/mol. The number of amides is 1. The van der Waals surface area contributed by atoms with Crippen molar-refractivity contribution in [3.8, 4) is 17.3 Å². The summed E-state index contributed by atoms with van der Waals surface area (Å²) in [6.45, 7) is 0. The second-order valence-electron chi connectivity index (χ2n) is 5.95. The topological polar surface area (TPSA) is 98.8 Å². The quantitative estimate of drug-likeness (QED) is 0.771. The molecule has 3 aromatic rings. The van der Waals surface area contributed by atoms with Gasteiger partial charge >= 0.3 is 0 Å². The number of primary amides is 1. The first-order valence-corrected chi connectivity index (χ1v) is 7.90. The SMILES string of the molecule is N#Cc1ccc(-c2cc(N3c4ccccc4CC3C(N)=O)n[nH]2)cc1. The van der Waals surface area contributed by atoms with E-state index in [-0.39, 0.29) is 5.91 Å². The van der Waals surface area contributed by atoms with Gasteiger partial charge in [0.2, 0.25) is 5.91 Å². The molecule has 1 aromatic heterocycles. The van der Waals surface area contributed by atoms with E-state index in [2.05, 4.69) is 16.3 Å². The lowest BCUT2D eigenvalue weighted by atomic mass is 10.1. The van der Waals surface area contributed by atoms with E-state index >= 15 is 0 Å². The van der Waals surface area contributed by atoms with Gasteiger partial charge in [-0.05, 0) is 29.3 Å². The molecule has 0 radical (unpaired) electrons. The van der Waals surface area contributed by atoms with Crippen LogP contribution in [0.4, 0.5) is 11.5 Å². The third-order valence-electron chi connectivity index (χ3n) is 4.44. The Labute approximate surface area is 144 Å². The second-order valence-corrected chi connectivity index (χ2v) is 5.95. The minimum atomic E-state index is -0.450. The molecule has 2 aromatic carbocycles. The summed E-state index contributed by atoms with van der Waals surface area (Å²) in [6.07, 6.45) is 0.574. The van der Waals surface area contributed by atoms with Gasteiger partial charge in [0, 0.05) is 18.2 Å². The van der Waals surface area contributed by atoms with Gasteiger partial charge in [-0.25, -0.2) is 0 Å². The predicted molar refractivity (Wildman–Crippen MR) is 94.0 cm³/mol. The van der Waals surface area contributed by atoms with Crippen LogP contribution in [0.1, 0.15) is 11.1 Å². The van der Waals surface area contributed by atoms with Gasteiger partial charge in [0.25, 0.3) is 0 Å². The molecule has 0 aliphatic carbocycles. The van der Waals surface area contributed by atoms with E-state index in [1.54, 1.807) is 12.1 Å². The largest absolute Gasteiger partial charge is 0.368 e. The maximum Gasteiger partial charge on any atom is 0.240 e. The number of para-hydroxylation sites is 1. The van der Waals surface area contributed by atoms with E-state index in [1.807, 2.05) is 47.4 Å². The Hall–Kier alpha value is -3.59. The molecule has 0 saturated carbocycles. The van der Waals surface area contributed by atoms with Crippen LogP contribution in [0, 0.1) is 11.3 Å². The Bertz CT molecular complexity index is 984. The zero-order chi connectivity index (χ0) is 17.4. The fraction of sp³-hybridized carbons (Fsp3) is 0.105. The van der Waals surface area contributed by atoms with Gasteiger partial charge in [0.05, 0.1) is 17.3 Å². The number of nitriles is 1. The number of rotatable bonds is 3. The zero-order valence-electron chi connectivity index (χ0n) is 13.3. The fourth-order valence-electron chi connectivity index (χ4n) is 3.20. The lowest BCUT2D eigenvalue weighted by Gasteiger charge is -2.22. The summed E-state index contributed by atoms with van der Waals surface area (Å²) in [5, 5.41) is 16.3. The van der Waals surface area contributed by atoms with Gasteiger partial charge in [-0.3, -0.25) is 9.89 Å². The molecule has 2 heterocycles. The van der Waals surface area contributed by atoms with Crippen molar-refractivity contribution >= 4 is 17.4 Å². The Morgan fingerprint density at radius 2 is 2.00 bits per heavy atom. The first-order valence-electron chi connectivity index (χ1n) is 7.90. The number of fused-ring (bicyclic) bond motifs is 1. The number of hydrogen-bond donors (Lipinski definition) is 2. The Morgan fingerprint density at radius 3 is 2.72 bits per heavy atom. The second kappa shape index (κ2) is 5.80. The van der Waals surface area contributed by atoms with E-state index in [0.717, 1.165) is 22.5 Å². The van der Waals surface area contributed by atoms with Crippen LogP contribution in [0.2, 0.25) is 0 Å². The van der Waals surface area contributed by atoms with Crippen LogP contribution in [0.15, 0.2) is 54.6 Å². The minimum absolute atomic E-state index is 0.376. The van der Waals surface area contributed by atoms with Crippen LogP contribution in [0.25, 0.3) is 11.3 Å². The number of anilines is 2. The predicted octanol–water partition coefficient (Wildman–Crippen LogP) is 2.50. The average Bonchev–Trinajstić information content (AvgIpc) is 3.26. The number of nitrogens with two attached hydrogens (primary N) is 1. The van der Waals surface area contributed by atoms with Crippen molar-refractivity contribution in [1.29, 1.82) is 5.26 Å². The standard InChI is InChI=1S/C19H15N5O/c20-11-12-5-7-13(8-6-12)15-10-18(23-22-15)24-16-4-2-1-3-14(16)9-17(24)19(21)25/h1-8,10,17H,9H2,(H2,21,25)(H,22,23). The van der Waals surface area contributed by atoms with Crippen molar-refractivity contribution in [2.45, 2.75) is 12.5 Å². The highest BCUT2D eigenvalue weighted by molar-refractivity contribution is 5.90. The highest BCUT2D eigenvalue weighted by Crippen LogP contribution is 2.38. The fourth-order valence-corrected chi connectivity index (χ4v) is 3.20. The van der Waals surface area contributed by atoms with E-state index in [0.29, 0.717) is 17.8 Å². The van der Waals surface area contributed by atoms with Gasteiger partial charge in [-0.1, -0.05) is 30.3 Å². The molecular weight excluding hydrogens is 314 g/mol. The number of carbonyl (C=O) groups is 1. The molecular formula is C19H15N5O. The lowest BCUT2D eigenvalue weighted by Crippen LogP contribution is -2.40. The molecule has 0 saturated heterocycles. The van der Waals surface area contributed by atoms with Gasteiger partial charge in [-0.2, -0.15) is 10.4 Å². The number of nitrogens with zero attached hydrogens (tertiary/aromatic N) is 3. The van der Waals surface area contributed by atoms with Crippen LogP contribution >= 0.6 is 0 Å². The summed E-state index contributed by atoms with van der Waals surface area (Å²) < 4.78 is 0. The minimum Gasteiger partial charge on any atom is -0.368 e. The van der Waals surface area contributed by atoms with Gasteiger partial charge in [-0.15, -0.1) is 0 Å². The molecule has 0 bridgehead atoms. The molecule has 1 unspecified atom stereocenters. The molecule has 6 heteroatoms. The maximum absolute atomic E-state index is 11.9. The molecule has 4 rings (SSSR count). The van der Waals surface area contributed by atoms with Crippen LogP contribution in [-0.4, -0.2) is 22.1 Å². The maximum atomic E-state index is 11.9. The van der Waals surface area contributed by atoms with Crippen molar-refractivity contribution in [3.05, 3.63) is 65.7 Å². The number of hydrogen-bond acceptors (Lipinski definition) is 4. The van der Waals surface area contributed by atoms with Crippen LogP contribution < -0.4 is 10.6 Å². The summed E-state index contributed by atoms with van der Waals surface area (Å²) in [7, 11) is 0. The Morgan fingerprint density at radius 1 is 1.24 bits per heavy atom. The summed E-state index contributed by atoms with van der Waals surface area (Å²) in [4.78, 5) is 13.8. The molecule has 3 N–H and O–H groups in total. The number of aromatic amines is 1. The first kappa shape index (κ1) is 15.0. The molecule has 1 amide bonds. The van der Waals surface area contributed by atoms with Crippen molar-refractivity contribution in [2.24, 2.45) is 5.73 Å². The molecule has 0 spiro atoms. The van der Waals surface area contributed by atoms with Crippen LogP contribution in [0.5, 0.6) is 0 Å². The zero-order valence-corrected chi connectivity index (χ0v) is 13.3. The average molecular weight is 329 g/mol. The van der Waals surface area contributed by atoms with Crippen molar-refractivity contribution in [1.82, 2.24) is 10.2 Å². The number of aromatic nitrogens is 2. The molecule has 6 nitrogen and oxygen atoms in total. The summed E-state index contributed by atoms with van der Waals surface area (Å²) in [6, 6.07) is 18.6. The first-order chi connectivity index (χ1) is 12.2. The number of benzene rings is 2. The number of nitrogens with one attached hydrogen (secondary N) is 1. The number of H-pyrrole nitrogens is 1. The Balaban J connectivity index is 1.73. The molecule has 25 heavy (non-hydrogen) atoms. The summed E-state index contributed by atoms with van der Waals surface area (Å²) in [5.74, 6) is 0.271. The van der Waals surface area contributed by atoms with Crippen LogP contribution in [-0.2, 0) is 11.2 Å². The molecule has 1 aliphatic heterocycles. The van der Waals surface area contributed by atoms with Gasteiger partial charge in [0.1, 0.15) is 6.04 Å². The Kier molecular flexibility index (Phi) is 3.47. The van der Waals surface area contributed by atoms with E-state index in [1.165, 1.54) is 0 Å². The van der Waals surface area contributed by atoms with E-state index < -0.39 is 6.04 Å². The third kappa shape index (κ3) is 2.52. The number of carbonyl (C=O) groups excluding carboxylic acids is 1. The normalized spacial score (nSPS) is 15.6.